The third kappa shape index (κ3) is 9.39. The van der Waals surface area contributed by atoms with Crippen LogP contribution in [0.3, 0.4) is 0 Å². The van der Waals surface area contributed by atoms with Crippen molar-refractivity contribution in [3.05, 3.63) is 0 Å². The fourth-order valence-corrected chi connectivity index (χ4v) is 4.24. The van der Waals surface area contributed by atoms with Gasteiger partial charge in [0.1, 0.15) is 0 Å². The second-order valence-electron chi connectivity index (χ2n) is 6.28. The molecular formula is C16H35IN4O3S. The number of sulfonamides is 1. The van der Waals surface area contributed by atoms with Crippen molar-refractivity contribution in [3.8, 4) is 0 Å². The highest BCUT2D eigenvalue weighted by Gasteiger charge is 2.27. The number of aliphatic imine (C=N–C) groups is 1. The lowest BCUT2D eigenvalue weighted by atomic mass is 10.0. The highest BCUT2D eigenvalue weighted by atomic mass is 127. The van der Waals surface area contributed by atoms with Gasteiger partial charge in [0, 0.05) is 39.3 Å². The first-order valence-corrected chi connectivity index (χ1v) is 10.6. The number of nitrogens with one attached hydrogen (secondary N) is 2. The Morgan fingerprint density at radius 2 is 2.00 bits per heavy atom. The molecule has 0 spiro atoms. The van der Waals surface area contributed by atoms with Gasteiger partial charge in [0.2, 0.25) is 10.0 Å². The predicted octanol–water partition coefficient (Wildman–Crippen LogP) is 1.65. The molecule has 1 saturated heterocycles. The minimum Gasteiger partial charge on any atom is -0.378 e. The molecule has 0 aromatic heterocycles. The summed E-state index contributed by atoms with van der Waals surface area (Å²) in [7, 11) is -3.02. The average Bonchev–Trinajstić information content (AvgIpc) is 2.85. The highest BCUT2D eigenvalue weighted by molar-refractivity contribution is 14.0. The lowest BCUT2D eigenvalue weighted by molar-refractivity contribution is 0.0266. The lowest BCUT2D eigenvalue weighted by Gasteiger charge is -2.20. The number of hydrogen-bond acceptors (Lipinski definition) is 4. The van der Waals surface area contributed by atoms with Gasteiger partial charge in [0.05, 0.1) is 11.9 Å². The predicted molar refractivity (Wildman–Crippen MR) is 114 cm³/mol. The molecule has 1 unspecified atom stereocenters. The van der Waals surface area contributed by atoms with Crippen molar-refractivity contribution in [3.63, 3.8) is 0 Å². The van der Waals surface area contributed by atoms with Gasteiger partial charge in [-0.05, 0) is 32.6 Å². The van der Waals surface area contributed by atoms with Gasteiger partial charge in [-0.1, -0.05) is 13.8 Å². The average molecular weight is 490 g/mol. The smallest absolute Gasteiger partial charge is 0.214 e. The minimum absolute atomic E-state index is 0. The van der Waals surface area contributed by atoms with Crippen molar-refractivity contribution in [1.82, 2.24) is 14.9 Å². The molecule has 0 aromatic carbocycles. The maximum Gasteiger partial charge on any atom is 0.214 e. The van der Waals surface area contributed by atoms with Gasteiger partial charge >= 0.3 is 0 Å². The fourth-order valence-electron chi connectivity index (χ4n) is 2.71. The molecule has 0 radical (unpaired) electrons. The summed E-state index contributed by atoms with van der Waals surface area (Å²) in [5.74, 6) is 1.47. The van der Waals surface area contributed by atoms with Crippen molar-refractivity contribution in [1.29, 1.82) is 0 Å². The maximum atomic E-state index is 11.8. The Hall–Kier alpha value is -0.130. The summed E-state index contributed by atoms with van der Waals surface area (Å²) in [5.41, 5.74) is 0. The van der Waals surface area contributed by atoms with E-state index in [2.05, 4.69) is 29.5 Å². The monoisotopic (exact) mass is 490 g/mol. The molecule has 1 aliphatic rings. The summed E-state index contributed by atoms with van der Waals surface area (Å²) in [4.78, 5) is 4.56. The van der Waals surface area contributed by atoms with E-state index in [1.807, 2.05) is 13.8 Å². The molecule has 2 N–H and O–H groups in total. The van der Waals surface area contributed by atoms with E-state index in [1.165, 1.54) is 0 Å². The third-order valence-corrected chi connectivity index (χ3v) is 5.97. The first-order chi connectivity index (χ1) is 11.4. The third-order valence-electron chi connectivity index (χ3n) is 4.01. The van der Waals surface area contributed by atoms with Crippen molar-refractivity contribution in [2.24, 2.45) is 10.9 Å². The molecule has 1 fully saturated rings. The van der Waals surface area contributed by atoms with Gasteiger partial charge in [-0.3, -0.25) is 4.99 Å². The first-order valence-electron chi connectivity index (χ1n) is 9.02. The van der Waals surface area contributed by atoms with Crippen LogP contribution in [0.5, 0.6) is 0 Å². The maximum absolute atomic E-state index is 11.8. The van der Waals surface area contributed by atoms with Crippen molar-refractivity contribution < 1.29 is 13.2 Å². The SMILES string of the molecule is CCNC(=NCCC(OCC)C(C)C)NCCN1CCCS1(=O)=O.I. The zero-order chi connectivity index (χ0) is 18.0. The Bertz CT molecular complexity index is 486. The number of guanidine groups is 1. The van der Waals surface area contributed by atoms with Gasteiger partial charge in [-0.2, -0.15) is 0 Å². The highest BCUT2D eigenvalue weighted by Crippen LogP contribution is 2.12. The van der Waals surface area contributed by atoms with Crippen LogP contribution in [0.15, 0.2) is 4.99 Å². The fraction of sp³-hybridized carbons (Fsp3) is 0.938. The largest absolute Gasteiger partial charge is 0.378 e. The Morgan fingerprint density at radius 3 is 2.52 bits per heavy atom. The van der Waals surface area contributed by atoms with E-state index in [-0.39, 0.29) is 35.8 Å². The van der Waals surface area contributed by atoms with E-state index in [0.29, 0.717) is 32.1 Å². The quantitative estimate of drug-likeness (QED) is 0.277. The molecule has 9 heteroatoms. The van der Waals surface area contributed by atoms with E-state index in [4.69, 9.17) is 4.74 Å². The summed E-state index contributed by atoms with van der Waals surface area (Å²) in [6, 6.07) is 0. The van der Waals surface area contributed by atoms with Crippen LogP contribution in [0, 0.1) is 5.92 Å². The van der Waals surface area contributed by atoms with Crippen molar-refractivity contribution in [2.75, 3.05) is 45.1 Å². The summed E-state index contributed by atoms with van der Waals surface area (Å²) in [5, 5.41) is 6.41. The molecule has 1 aliphatic heterocycles. The molecule has 0 aromatic rings. The van der Waals surface area contributed by atoms with E-state index < -0.39 is 10.0 Å². The van der Waals surface area contributed by atoms with Crippen molar-refractivity contribution in [2.45, 2.75) is 46.6 Å². The van der Waals surface area contributed by atoms with E-state index in [9.17, 15) is 8.42 Å². The lowest BCUT2D eigenvalue weighted by Crippen LogP contribution is -2.42. The topological polar surface area (TPSA) is 83.0 Å². The van der Waals surface area contributed by atoms with Crippen LogP contribution in [0.1, 0.15) is 40.5 Å². The molecule has 150 valence electrons. The number of ether oxygens (including phenoxy) is 1. The number of rotatable bonds is 10. The Morgan fingerprint density at radius 1 is 1.28 bits per heavy atom. The zero-order valence-electron chi connectivity index (χ0n) is 16.0. The molecule has 1 rings (SSSR count). The molecule has 1 atom stereocenters. The first kappa shape index (κ1) is 24.9. The van der Waals surface area contributed by atoms with E-state index in [1.54, 1.807) is 4.31 Å². The number of nitrogens with zero attached hydrogens (tertiary/aromatic N) is 2. The number of hydrogen-bond donors (Lipinski definition) is 2. The van der Waals surface area contributed by atoms with Crippen LogP contribution in [0.2, 0.25) is 0 Å². The zero-order valence-corrected chi connectivity index (χ0v) is 19.1. The van der Waals surface area contributed by atoms with Crippen LogP contribution in [0.4, 0.5) is 0 Å². The van der Waals surface area contributed by atoms with Gasteiger partial charge < -0.3 is 15.4 Å². The van der Waals surface area contributed by atoms with E-state index in [0.717, 1.165) is 32.0 Å². The van der Waals surface area contributed by atoms with Gasteiger partial charge in [-0.25, -0.2) is 12.7 Å². The molecule has 25 heavy (non-hydrogen) atoms. The Balaban J connectivity index is 0.00000576. The summed E-state index contributed by atoms with van der Waals surface area (Å²) >= 11 is 0. The molecule has 0 amide bonds. The molecule has 0 bridgehead atoms. The second-order valence-corrected chi connectivity index (χ2v) is 8.37. The summed E-state index contributed by atoms with van der Waals surface area (Å²) in [6.45, 7) is 12.2. The van der Waals surface area contributed by atoms with Crippen LogP contribution in [-0.2, 0) is 14.8 Å². The molecule has 0 saturated carbocycles. The second kappa shape index (κ2) is 13.1. The Kier molecular flexibility index (Phi) is 13.0. The van der Waals surface area contributed by atoms with Crippen LogP contribution >= 0.6 is 24.0 Å². The molecule has 1 heterocycles. The standard InChI is InChI=1S/C16H34N4O3S.HI/c1-5-17-16(18-9-8-15(14(3)4)23-6-2)19-10-12-20-11-7-13-24(20,21)22;/h14-15H,5-13H2,1-4H3,(H2,17,18,19);1H. The van der Waals surface area contributed by atoms with Crippen LogP contribution in [-0.4, -0.2) is 69.9 Å². The van der Waals surface area contributed by atoms with Gasteiger partial charge in [-0.15, -0.1) is 24.0 Å². The molecular weight excluding hydrogens is 455 g/mol. The van der Waals surface area contributed by atoms with Gasteiger partial charge in [0.15, 0.2) is 5.96 Å². The molecule has 7 nitrogen and oxygen atoms in total. The minimum atomic E-state index is -3.02. The van der Waals surface area contributed by atoms with Crippen molar-refractivity contribution >= 4 is 40.0 Å². The van der Waals surface area contributed by atoms with E-state index >= 15 is 0 Å². The summed E-state index contributed by atoms with van der Waals surface area (Å²) in [6.07, 6.45) is 1.82. The Labute approximate surface area is 170 Å². The van der Waals surface area contributed by atoms with Crippen LogP contribution < -0.4 is 10.6 Å². The molecule has 0 aliphatic carbocycles. The summed E-state index contributed by atoms with van der Waals surface area (Å²) < 4.78 is 30.8. The van der Waals surface area contributed by atoms with Gasteiger partial charge in [0.25, 0.3) is 0 Å². The number of halogens is 1. The van der Waals surface area contributed by atoms with Crippen LogP contribution in [0.25, 0.3) is 0 Å². The normalized spacial score (nSPS) is 18.8.